The van der Waals surface area contributed by atoms with Gasteiger partial charge in [0.15, 0.2) is 0 Å². The van der Waals surface area contributed by atoms with E-state index >= 15 is 0 Å². The lowest BCUT2D eigenvalue weighted by Crippen LogP contribution is -2.05. The summed E-state index contributed by atoms with van der Waals surface area (Å²) >= 11 is 0. The van der Waals surface area contributed by atoms with Crippen LogP contribution >= 0.6 is 0 Å². The van der Waals surface area contributed by atoms with E-state index in [2.05, 4.69) is 17.1 Å². The average molecular weight is 162 g/mol. The summed E-state index contributed by atoms with van der Waals surface area (Å²) in [5.74, 6) is 0. The number of pyridine rings is 1. The van der Waals surface area contributed by atoms with Crippen LogP contribution in [0.4, 0.5) is 0 Å². The first-order valence-corrected chi connectivity index (χ1v) is 4.25. The number of aromatic nitrogens is 1. The van der Waals surface area contributed by atoms with Crippen molar-refractivity contribution in [1.29, 1.82) is 0 Å². The van der Waals surface area contributed by atoms with Crippen LogP contribution in [-0.2, 0) is 13.0 Å². The van der Waals surface area contributed by atoms with Crippen molar-refractivity contribution in [3.8, 4) is 0 Å². The standard InChI is InChI=1S/C10H12N2.H2/c11-7-8-5-6-12-10-4-2-1-3-9(8)10;/h1,3,5-6H,2,4,7,11H2;1H. The minimum Gasteiger partial charge on any atom is -0.326 e. The normalized spacial score (nSPS) is 14.4. The van der Waals surface area contributed by atoms with E-state index in [9.17, 15) is 0 Å². The van der Waals surface area contributed by atoms with Crippen molar-refractivity contribution >= 4 is 6.08 Å². The van der Waals surface area contributed by atoms with Gasteiger partial charge >= 0.3 is 0 Å². The maximum atomic E-state index is 5.61. The van der Waals surface area contributed by atoms with Crippen molar-refractivity contribution in [1.82, 2.24) is 4.98 Å². The number of aryl methyl sites for hydroxylation is 1. The lowest BCUT2D eigenvalue weighted by Gasteiger charge is -2.11. The van der Waals surface area contributed by atoms with Gasteiger partial charge in [-0.3, -0.25) is 4.98 Å². The van der Waals surface area contributed by atoms with Crippen LogP contribution in [0.3, 0.4) is 0 Å². The van der Waals surface area contributed by atoms with Crippen LogP contribution in [0.1, 0.15) is 24.7 Å². The molecule has 1 aliphatic rings. The monoisotopic (exact) mass is 162 g/mol. The molecule has 0 bridgehead atoms. The lowest BCUT2D eigenvalue weighted by molar-refractivity contribution is 0.908. The van der Waals surface area contributed by atoms with Crippen molar-refractivity contribution in [2.45, 2.75) is 19.4 Å². The smallest absolute Gasteiger partial charge is 0.0482 e. The molecule has 12 heavy (non-hydrogen) atoms. The van der Waals surface area contributed by atoms with E-state index in [0.29, 0.717) is 6.54 Å². The zero-order valence-electron chi connectivity index (χ0n) is 6.96. The minimum absolute atomic E-state index is 0. The van der Waals surface area contributed by atoms with Crippen LogP contribution in [0.15, 0.2) is 18.3 Å². The van der Waals surface area contributed by atoms with Crippen molar-refractivity contribution < 1.29 is 1.43 Å². The van der Waals surface area contributed by atoms with E-state index in [1.807, 2.05) is 12.3 Å². The Balaban J connectivity index is 0.000000845. The fraction of sp³-hybridized carbons (Fsp3) is 0.300. The molecule has 0 unspecified atom stereocenters. The topological polar surface area (TPSA) is 38.9 Å². The molecule has 1 heterocycles. The summed E-state index contributed by atoms with van der Waals surface area (Å²) in [5, 5.41) is 0. The van der Waals surface area contributed by atoms with Crippen molar-refractivity contribution in [3.63, 3.8) is 0 Å². The maximum absolute atomic E-state index is 5.61. The van der Waals surface area contributed by atoms with Gasteiger partial charge in [0.25, 0.3) is 0 Å². The first-order valence-electron chi connectivity index (χ1n) is 4.25. The van der Waals surface area contributed by atoms with Gasteiger partial charge in [-0.25, -0.2) is 0 Å². The van der Waals surface area contributed by atoms with Gasteiger partial charge in [0.05, 0.1) is 0 Å². The Morgan fingerprint density at radius 3 is 3.33 bits per heavy atom. The molecule has 0 saturated heterocycles. The van der Waals surface area contributed by atoms with Crippen LogP contribution in [0.25, 0.3) is 6.08 Å². The molecule has 2 rings (SSSR count). The first kappa shape index (κ1) is 7.50. The van der Waals surface area contributed by atoms with Gasteiger partial charge in [-0.2, -0.15) is 0 Å². The third-order valence-electron chi connectivity index (χ3n) is 2.22. The molecule has 2 nitrogen and oxygen atoms in total. The molecule has 1 aliphatic carbocycles. The Morgan fingerprint density at radius 1 is 1.58 bits per heavy atom. The molecule has 0 aliphatic heterocycles. The number of rotatable bonds is 1. The van der Waals surface area contributed by atoms with Gasteiger partial charge in [0, 0.05) is 25.4 Å². The maximum Gasteiger partial charge on any atom is 0.0482 e. The summed E-state index contributed by atoms with van der Waals surface area (Å²) in [7, 11) is 0. The summed E-state index contributed by atoms with van der Waals surface area (Å²) in [5.41, 5.74) is 9.25. The van der Waals surface area contributed by atoms with Crippen LogP contribution in [0, 0.1) is 0 Å². The Labute approximate surface area is 73.6 Å². The van der Waals surface area contributed by atoms with Crippen LogP contribution in [-0.4, -0.2) is 4.98 Å². The Kier molecular flexibility index (Phi) is 1.92. The minimum atomic E-state index is 0. The first-order chi connectivity index (χ1) is 5.92. The van der Waals surface area contributed by atoms with E-state index in [1.54, 1.807) is 0 Å². The Hall–Kier alpha value is -1.15. The highest BCUT2D eigenvalue weighted by atomic mass is 14.7. The van der Waals surface area contributed by atoms with Gasteiger partial charge in [-0.1, -0.05) is 12.2 Å². The van der Waals surface area contributed by atoms with Gasteiger partial charge in [0.2, 0.25) is 0 Å². The quantitative estimate of drug-likeness (QED) is 0.683. The summed E-state index contributed by atoms with van der Waals surface area (Å²) in [6, 6.07) is 1.99. The Bertz CT molecular complexity index is 321. The molecule has 0 spiro atoms. The second-order valence-corrected chi connectivity index (χ2v) is 2.98. The van der Waals surface area contributed by atoms with E-state index in [-0.39, 0.29) is 1.43 Å². The predicted octanol–water partition coefficient (Wildman–Crippen LogP) is 1.75. The molecule has 0 fully saturated rings. The fourth-order valence-corrected chi connectivity index (χ4v) is 1.56. The summed E-state index contributed by atoms with van der Waals surface area (Å²) < 4.78 is 0. The van der Waals surface area contributed by atoms with Gasteiger partial charge in [-0.15, -0.1) is 0 Å². The van der Waals surface area contributed by atoms with Crippen molar-refractivity contribution in [2.75, 3.05) is 0 Å². The van der Waals surface area contributed by atoms with Gasteiger partial charge in [-0.05, 0) is 24.5 Å². The molecular formula is C10H14N2. The molecular weight excluding hydrogens is 148 g/mol. The molecule has 0 aromatic carbocycles. The molecule has 2 heteroatoms. The highest BCUT2D eigenvalue weighted by molar-refractivity contribution is 5.58. The molecule has 0 amide bonds. The van der Waals surface area contributed by atoms with E-state index in [1.165, 1.54) is 16.8 Å². The third kappa shape index (κ3) is 1.14. The molecule has 1 aromatic heterocycles. The molecule has 0 saturated carbocycles. The van der Waals surface area contributed by atoms with Gasteiger partial charge < -0.3 is 5.73 Å². The van der Waals surface area contributed by atoms with Crippen molar-refractivity contribution in [2.24, 2.45) is 5.73 Å². The number of hydrogen-bond acceptors (Lipinski definition) is 2. The average Bonchev–Trinajstić information content (AvgIpc) is 2.17. The molecule has 1 aromatic rings. The largest absolute Gasteiger partial charge is 0.326 e. The Morgan fingerprint density at radius 2 is 2.50 bits per heavy atom. The zero-order chi connectivity index (χ0) is 8.39. The van der Waals surface area contributed by atoms with Crippen LogP contribution in [0.5, 0.6) is 0 Å². The van der Waals surface area contributed by atoms with Crippen molar-refractivity contribution in [3.05, 3.63) is 35.2 Å². The molecule has 64 valence electrons. The van der Waals surface area contributed by atoms with Crippen LogP contribution in [0.2, 0.25) is 0 Å². The second-order valence-electron chi connectivity index (χ2n) is 2.98. The van der Waals surface area contributed by atoms with Crippen LogP contribution < -0.4 is 5.73 Å². The molecule has 0 radical (unpaired) electrons. The molecule has 2 N–H and O–H groups in total. The number of fused-ring (bicyclic) bond motifs is 1. The third-order valence-corrected chi connectivity index (χ3v) is 2.22. The molecule has 0 atom stereocenters. The summed E-state index contributed by atoms with van der Waals surface area (Å²) in [6.07, 6.45) is 8.32. The predicted molar refractivity (Wildman–Crippen MR) is 51.6 cm³/mol. The van der Waals surface area contributed by atoms with Gasteiger partial charge in [0.1, 0.15) is 0 Å². The summed E-state index contributed by atoms with van der Waals surface area (Å²) in [4.78, 5) is 4.32. The zero-order valence-corrected chi connectivity index (χ0v) is 6.96. The fourth-order valence-electron chi connectivity index (χ4n) is 1.56. The SMILES string of the molecule is NCc1ccnc2c1C=CCC2.[HH]. The highest BCUT2D eigenvalue weighted by Gasteiger charge is 2.08. The lowest BCUT2D eigenvalue weighted by atomic mass is 9.98. The van der Waals surface area contributed by atoms with E-state index in [0.717, 1.165) is 12.8 Å². The summed E-state index contributed by atoms with van der Waals surface area (Å²) in [6.45, 7) is 0.606. The number of nitrogens with two attached hydrogens (primary N) is 1. The van der Waals surface area contributed by atoms with E-state index < -0.39 is 0 Å². The number of hydrogen-bond donors (Lipinski definition) is 1. The highest BCUT2D eigenvalue weighted by Crippen LogP contribution is 2.19. The van der Waals surface area contributed by atoms with E-state index in [4.69, 9.17) is 5.73 Å². The number of nitrogens with zero attached hydrogens (tertiary/aromatic N) is 1. The number of allylic oxidation sites excluding steroid dienone is 1. The second kappa shape index (κ2) is 3.07.